The van der Waals surface area contributed by atoms with Gasteiger partial charge < -0.3 is 24.8 Å². The number of benzene rings is 2. The van der Waals surface area contributed by atoms with Gasteiger partial charge in [-0.05, 0) is 48.7 Å². The van der Waals surface area contributed by atoms with Crippen LogP contribution in [0, 0.1) is 0 Å². The lowest BCUT2D eigenvalue weighted by molar-refractivity contribution is -0.00199. The Hall–Kier alpha value is -2.28. The van der Waals surface area contributed by atoms with Crippen LogP contribution in [0.4, 0.5) is 0 Å². The molecule has 0 radical (unpaired) electrons. The molecule has 2 N–H and O–H groups in total. The third-order valence-electron chi connectivity index (χ3n) is 6.57. The van der Waals surface area contributed by atoms with Crippen molar-refractivity contribution in [3.8, 4) is 11.5 Å². The van der Waals surface area contributed by atoms with Crippen molar-refractivity contribution in [3.63, 3.8) is 0 Å². The van der Waals surface area contributed by atoms with E-state index in [1.54, 1.807) is 12.1 Å². The van der Waals surface area contributed by atoms with Gasteiger partial charge in [-0.15, -0.1) is 0 Å². The van der Waals surface area contributed by atoms with Crippen LogP contribution in [0.2, 0.25) is 5.02 Å². The summed E-state index contributed by atoms with van der Waals surface area (Å²) in [7, 11) is 0. The van der Waals surface area contributed by atoms with E-state index in [9.17, 15) is 9.90 Å². The van der Waals surface area contributed by atoms with E-state index in [1.807, 2.05) is 30.3 Å². The molecule has 2 aliphatic heterocycles. The van der Waals surface area contributed by atoms with E-state index >= 15 is 0 Å². The summed E-state index contributed by atoms with van der Waals surface area (Å²) in [6.07, 6.45) is 4.16. The van der Waals surface area contributed by atoms with Crippen molar-refractivity contribution in [2.24, 2.45) is 0 Å². The zero-order chi connectivity index (χ0) is 22.1. The fourth-order valence-electron chi connectivity index (χ4n) is 4.63. The number of likely N-dealkylation sites (tertiary alicyclic amines) is 1. The normalized spacial score (nSPS) is 20.4. The number of aliphatic hydroxyl groups excluding tert-OH is 1. The van der Waals surface area contributed by atoms with Crippen molar-refractivity contribution in [1.82, 2.24) is 10.2 Å². The van der Waals surface area contributed by atoms with Gasteiger partial charge >= 0.3 is 0 Å². The number of aliphatic hydroxyl groups is 1. The molecular weight excluding hydrogens is 428 g/mol. The number of nitrogens with zero attached hydrogens (tertiary/aromatic N) is 1. The minimum Gasteiger partial charge on any atom is -0.490 e. The average Bonchev–Trinajstić information content (AvgIpc) is 3.53. The zero-order valence-electron chi connectivity index (χ0n) is 18.1. The number of carbonyl (C=O) groups excluding carboxylic acids is 1. The van der Waals surface area contributed by atoms with Gasteiger partial charge in [0.1, 0.15) is 29.8 Å². The molecule has 1 saturated heterocycles. The second-order valence-electron chi connectivity index (χ2n) is 9.22. The lowest BCUT2D eigenvalue weighted by Gasteiger charge is -2.39. The van der Waals surface area contributed by atoms with E-state index in [-0.39, 0.29) is 24.2 Å². The molecule has 7 heteroatoms. The van der Waals surface area contributed by atoms with Crippen LogP contribution < -0.4 is 14.8 Å². The molecule has 32 heavy (non-hydrogen) atoms. The number of halogens is 1. The van der Waals surface area contributed by atoms with Gasteiger partial charge in [0.15, 0.2) is 0 Å². The fourth-order valence-corrected chi connectivity index (χ4v) is 4.83. The van der Waals surface area contributed by atoms with Gasteiger partial charge in [0.2, 0.25) is 0 Å². The first-order valence-electron chi connectivity index (χ1n) is 11.4. The second kappa shape index (κ2) is 8.93. The summed E-state index contributed by atoms with van der Waals surface area (Å²) in [5, 5.41) is 14.3. The van der Waals surface area contributed by atoms with Crippen molar-refractivity contribution in [2.75, 3.05) is 26.2 Å². The predicted molar refractivity (Wildman–Crippen MR) is 123 cm³/mol. The number of β-amino-alcohol motifs (C(OH)–C–C–N with tert-alkyl or cyclic N) is 1. The van der Waals surface area contributed by atoms with Crippen LogP contribution in [0.5, 0.6) is 11.5 Å². The Morgan fingerprint density at radius 3 is 2.81 bits per heavy atom. The van der Waals surface area contributed by atoms with E-state index in [0.29, 0.717) is 17.9 Å². The van der Waals surface area contributed by atoms with Crippen molar-refractivity contribution in [1.29, 1.82) is 0 Å². The van der Waals surface area contributed by atoms with Crippen LogP contribution in [0.15, 0.2) is 42.5 Å². The molecule has 0 unspecified atom stereocenters. The fraction of sp³-hybridized carbons (Fsp3) is 0.480. The van der Waals surface area contributed by atoms with Gasteiger partial charge in [0.05, 0.1) is 5.56 Å². The first-order valence-corrected chi connectivity index (χ1v) is 11.8. The Bertz CT molecular complexity index is 986. The number of rotatable bonds is 7. The summed E-state index contributed by atoms with van der Waals surface area (Å²) in [5.41, 5.74) is 1.55. The summed E-state index contributed by atoms with van der Waals surface area (Å²) in [4.78, 5) is 14.7. The number of hydrogen-bond acceptors (Lipinski definition) is 5. The van der Waals surface area contributed by atoms with Gasteiger partial charge in [0.25, 0.3) is 5.91 Å². The maximum Gasteiger partial charge on any atom is 0.255 e. The third-order valence-corrected chi connectivity index (χ3v) is 6.81. The van der Waals surface area contributed by atoms with Crippen molar-refractivity contribution in [3.05, 3.63) is 58.6 Å². The quantitative estimate of drug-likeness (QED) is 0.667. The monoisotopic (exact) mass is 456 g/mol. The zero-order valence-corrected chi connectivity index (χ0v) is 18.8. The van der Waals surface area contributed by atoms with E-state index in [1.165, 1.54) is 5.56 Å². The molecule has 2 fully saturated rings. The average molecular weight is 457 g/mol. The van der Waals surface area contributed by atoms with Crippen LogP contribution in [-0.4, -0.2) is 59.9 Å². The van der Waals surface area contributed by atoms with Crippen molar-refractivity contribution >= 4 is 17.5 Å². The molecule has 1 saturated carbocycles. The lowest BCUT2D eigenvalue weighted by atomic mass is 9.87. The molecule has 0 bridgehead atoms. The standard InChI is InChI=1S/C25H29ClN2O4/c26-18-5-8-22-17(13-18)14-25(32-22)9-11-28(12-10-25)15-20(29)16-31-23-4-2-1-3-21(23)24(30)27-19-6-7-19/h1-5,8,13,19-20,29H,6-7,9-12,14-16H2,(H,27,30)/t20-/m0/s1. The van der Waals surface area contributed by atoms with Crippen LogP contribution in [0.3, 0.4) is 0 Å². The Labute approximate surface area is 193 Å². The van der Waals surface area contributed by atoms with Crippen molar-refractivity contribution in [2.45, 2.75) is 49.9 Å². The topological polar surface area (TPSA) is 71.0 Å². The molecule has 0 aromatic heterocycles. The summed E-state index contributed by atoms with van der Waals surface area (Å²) in [5.74, 6) is 1.34. The highest BCUT2D eigenvalue weighted by Crippen LogP contribution is 2.41. The largest absolute Gasteiger partial charge is 0.490 e. The van der Waals surface area contributed by atoms with E-state index < -0.39 is 6.10 Å². The number of ether oxygens (including phenoxy) is 2. The first kappa shape index (κ1) is 21.6. The molecule has 5 rings (SSSR count). The number of nitrogens with one attached hydrogen (secondary N) is 1. The number of para-hydroxylation sites is 1. The molecule has 3 aliphatic rings. The Morgan fingerprint density at radius 1 is 1.25 bits per heavy atom. The van der Waals surface area contributed by atoms with Gasteiger partial charge in [-0.2, -0.15) is 0 Å². The van der Waals surface area contributed by atoms with Crippen LogP contribution in [0.1, 0.15) is 41.6 Å². The molecular formula is C25H29ClN2O4. The SMILES string of the molecule is O=C(NC1CC1)c1ccccc1OC[C@@H](O)CN1CCC2(CC1)Cc1cc(Cl)ccc1O2. The Balaban J connectivity index is 1.10. The van der Waals surface area contributed by atoms with Crippen molar-refractivity contribution < 1.29 is 19.4 Å². The van der Waals surface area contributed by atoms with Gasteiger partial charge in [0, 0.05) is 50.0 Å². The smallest absolute Gasteiger partial charge is 0.255 e. The maximum absolute atomic E-state index is 12.4. The number of carbonyl (C=O) groups is 1. The minimum absolute atomic E-state index is 0.113. The highest BCUT2D eigenvalue weighted by atomic mass is 35.5. The van der Waals surface area contributed by atoms with Crippen LogP contribution in [-0.2, 0) is 6.42 Å². The predicted octanol–water partition coefficient (Wildman–Crippen LogP) is 3.44. The van der Waals surface area contributed by atoms with Gasteiger partial charge in [-0.3, -0.25) is 4.79 Å². The molecule has 1 aliphatic carbocycles. The molecule has 2 aromatic rings. The summed E-state index contributed by atoms with van der Waals surface area (Å²) >= 11 is 6.13. The number of amides is 1. The first-order chi connectivity index (χ1) is 15.5. The van der Waals surface area contributed by atoms with E-state index in [0.717, 1.165) is 56.0 Å². The maximum atomic E-state index is 12.4. The molecule has 2 heterocycles. The molecule has 1 spiro atoms. The van der Waals surface area contributed by atoms with Gasteiger partial charge in [-0.25, -0.2) is 0 Å². The highest BCUT2D eigenvalue weighted by Gasteiger charge is 2.42. The second-order valence-corrected chi connectivity index (χ2v) is 9.66. The molecule has 170 valence electrons. The molecule has 2 aromatic carbocycles. The van der Waals surface area contributed by atoms with Gasteiger partial charge in [-0.1, -0.05) is 23.7 Å². The molecule has 1 atom stereocenters. The number of piperidine rings is 1. The minimum atomic E-state index is -0.635. The number of fused-ring (bicyclic) bond motifs is 1. The highest BCUT2D eigenvalue weighted by molar-refractivity contribution is 6.30. The number of hydrogen-bond donors (Lipinski definition) is 2. The summed E-state index contributed by atoms with van der Waals surface area (Å²) in [6, 6.07) is 13.3. The summed E-state index contributed by atoms with van der Waals surface area (Å²) < 4.78 is 12.1. The van der Waals surface area contributed by atoms with Crippen LogP contribution in [0.25, 0.3) is 0 Å². The third kappa shape index (κ3) is 4.87. The van der Waals surface area contributed by atoms with E-state index in [4.69, 9.17) is 21.1 Å². The lowest BCUT2D eigenvalue weighted by Crippen LogP contribution is -2.49. The Kier molecular flexibility index (Phi) is 6.01. The Morgan fingerprint density at radius 2 is 2.03 bits per heavy atom. The summed E-state index contributed by atoms with van der Waals surface area (Å²) in [6.45, 7) is 2.40. The molecule has 6 nitrogen and oxygen atoms in total. The van der Waals surface area contributed by atoms with Crippen LogP contribution >= 0.6 is 11.6 Å². The molecule has 1 amide bonds. The van der Waals surface area contributed by atoms with E-state index in [2.05, 4.69) is 10.2 Å².